The number of nitrogens with zero attached hydrogens (tertiary/aromatic N) is 4. The van der Waals surface area contributed by atoms with Gasteiger partial charge in [0.15, 0.2) is 5.82 Å². The van der Waals surface area contributed by atoms with Crippen LogP contribution in [0, 0.1) is 0 Å². The fraction of sp³-hybridized carbons (Fsp3) is 0.850. The summed E-state index contributed by atoms with van der Waals surface area (Å²) in [5, 5.41) is 12.0. The van der Waals surface area contributed by atoms with Gasteiger partial charge in [-0.2, -0.15) is 0 Å². The molecule has 0 radical (unpaired) electrons. The lowest BCUT2D eigenvalue weighted by atomic mass is 9.78. The number of likely N-dealkylation sites (tertiary alicyclic amines) is 1. The van der Waals surface area contributed by atoms with Crippen molar-refractivity contribution in [3.05, 3.63) is 11.6 Å². The van der Waals surface area contributed by atoms with Crippen LogP contribution in [0.1, 0.15) is 82.3 Å². The second-order valence-corrected chi connectivity index (χ2v) is 8.32. The highest BCUT2D eigenvalue weighted by Gasteiger charge is 2.44. The zero-order chi connectivity index (χ0) is 17.8. The van der Waals surface area contributed by atoms with Gasteiger partial charge in [-0.25, -0.2) is 0 Å². The van der Waals surface area contributed by atoms with Crippen molar-refractivity contribution < 1.29 is 4.79 Å². The molecule has 6 nitrogen and oxygen atoms in total. The number of carbonyl (C=O) groups excluding carboxylic acids is 1. The molecular weight excluding hydrogens is 326 g/mol. The van der Waals surface area contributed by atoms with E-state index < -0.39 is 0 Å². The Morgan fingerprint density at radius 3 is 2.38 bits per heavy atom. The molecule has 2 aliphatic heterocycles. The fourth-order valence-electron chi connectivity index (χ4n) is 5.15. The molecule has 6 heteroatoms. The standard InChI is InChI=1S/C20H33N5O/c26-19(20(11-5-2-6-12-20)24-13-7-3-8-14-24)21-16-18-23-22-17-10-4-1-9-15-25(17)18/h1-16H2,(H,21,26). The highest BCUT2D eigenvalue weighted by atomic mass is 16.2. The van der Waals surface area contributed by atoms with Crippen molar-refractivity contribution >= 4 is 5.91 Å². The summed E-state index contributed by atoms with van der Waals surface area (Å²) in [4.78, 5) is 15.8. The van der Waals surface area contributed by atoms with Crippen LogP contribution in [0.25, 0.3) is 0 Å². The number of aromatic nitrogens is 3. The van der Waals surface area contributed by atoms with Gasteiger partial charge in [-0.3, -0.25) is 9.69 Å². The van der Waals surface area contributed by atoms with Gasteiger partial charge in [0, 0.05) is 13.0 Å². The number of carbonyl (C=O) groups is 1. The van der Waals surface area contributed by atoms with Crippen LogP contribution in [0.2, 0.25) is 0 Å². The highest BCUT2D eigenvalue weighted by molar-refractivity contribution is 5.86. The van der Waals surface area contributed by atoms with Gasteiger partial charge in [0.05, 0.1) is 6.54 Å². The number of rotatable bonds is 4. The normalized spacial score (nSPS) is 23.8. The van der Waals surface area contributed by atoms with Gasteiger partial charge in [0.1, 0.15) is 11.4 Å². The fourth-order valence-corrected chi connectivity index (χ4v) is 5.15. The van der Waals surface area contributed by atoms with Crippen LogP contribution in [0.4, 0.5) is 0 Å². The van der Waals surface area contributed by atoms with Crippen molar-refractivity contribution in [1.29, 1.82) is 0 Å². The van der Waals surface area contributed by atoms with E-state index in [9.17, 15) is 4.79 Å². The Morgan fingerprint density at radius 2 is 1.58 bits per heavy atom. The number of nitrogens with one attached hydrogen (secondary N) is 1. The quantitative estimate of drug-likeness (QED) is 0.898. The molecule has 0 aromatic carbocycles. The lowest BCUT2D eigenvalue weighted by Gasteiger charge is -2.46. The van der Waals surface area contributed by atoms with E-state index in [2.05, 4.69) is 25.0 Å². The van der Waals surface area contributed by atoms with Crippen LogP contribution in [0.5, 0.6) is 0 Å². The molecule has 1 N–H and O–H groups in total. The summed E-state index contributed by atoms with van der Waals surface area (Å²) >= 11 is 0. The first-order valence-corrected chi connectivity index (χ1v) is 10.7. The minimum atomic E-state index is -0.277. The van der Waals surface area contributed by atoms with Gasteiger partial charge in [0.25, 0.3) is 0 Å². The molecule has 1 aromatic rings. The van der Waals surface area contributed by atoms with Crippen molar-refractivity contribution in [1.82, 2.24) is 25.0 Å². The van der Waals surface area contributed by atoms with E-state index in [0.717, 1.165) is 50.5 Å². The van der Waals surface area contributed by atoms with Gasteiger partial charge >= 0.3 is 0 Å². The van der Waals surface area contributed by atoms with Crippen molar-refractivity contribution in [2.45, 2.75) is 95.7 Å². The summed E-state index contributed by atoms with van der Waals surface area (Å²) in [5.41, 5.74) is -0.277. The molecule has 26 heavy (non-hydrogen) atoms. The highest BCUT2D eigenvalue weighted by Crippen LogP contribution is 2.36. The molecule has 1 amide bonds. The molecule has 0 unspecified atom stereocenters. The van der Waals surface area contributed by atoms with Crippen LogP contribution >= 0.6 is 0 Å². The molecule has 1 saturated heterocycles. The van der Waals surface area contributed by atoms with Crippen LogP contribution in [-0.4, -0.2) is 44.2 Å². The van der Waals surface area contributed by atoms with Gasteiger partial charge in [-0.1, -0.05) is 32.1 Å². The van der Waals surface area contributed by atoms with Crippen molar-refractivity contribution in [2.24, 2.45) is 0 Å². The zero-order valence-electron chi connectivity index (χ0n) is 16.0. The van der Waals surface area contributed by atoms with E-state index in [1.165, 1.54) is 57.8 Å². The Labute approximate surface area is 156 Å². The summed E-state index contributed by atoms with van der Waals surface area (Å²) in [6.45, 7) is 3.66. The predicted molar refractivity (Wildman–Crippen MR) is 101 cm³/mol. The van der Waals surface area contributed by atoms with E-state index in [1.54, 1.807) is 0 Å². The Balaban J connectivity index is 1.46. The summed E-state index contributed by atoms with van der Waals surface area (Å²) in [5.74, 6) is 2.25. The molecule has 144 valence electrons. The van der Waals surface area contributed by atoms with Crippen molar-refractivity contribution in [3.8, 4) is 0 Å². The largest absolute Gasteiger partial charge is 0.347 e. The van der Waals surface area contributed by atoms with Crippen LogP contribution in [-0.2, 0) is 24.3 Å². The average Bonchev–Trinajstić information content (AvgIpc) is 2.93. The molecule has 0 atom stereocenters. The molecule has 3 aliphatic rings. The lowest BCUT2D eigenvalue weighted by molar-refractivity contribution is -0.137. The van der Waals surface area contributed by atoms with Gasteiger partial charge < -0.3 is 9.88 Å². The maximum atomic E-state index is 13.3. The molecule has 1 aromatic heterocycles. The average molecular weight is 360 g/mol. The SMILES string of the molecule is O=C(NCc1nnc2n1CCCCC2)C1(N2CCCCC2)CCCCC1. The summed E-state index contributed by atoms with van der Waals surface area (Å²) < 4.78 is 2.24. The van der Waals surface area contributed by atoms with Gasteiger partial charge in [-0.15, -0.1) is 10.2 Å². The van der Waals surface area contributed by atoms with Crippen molar-refractivity contribution in [3.63, 3.8) is 0 Å². The Hall–Kier alpha value is -1.43. The number of piperidine rings is 1. The summed E-state index contributed by atoms with van der Waals surface area (Å²) in [6, 6.07) is 0. The number of hydrogen-bond donors (Lipinski definition) is 1. The molecule has 0 bridgehead atoms. The van der Waals surface area contributed by atoms with Crippen LogP contribution in [0.15, 0.2) is 0 Å². The zero-order valence-corrected chi connectivity index (χ0v) is 16.0. The van der Waals surface area contributed by atoms with E-state index in [-0.39, 0.29) is 11.4 Å². The van der Waals surface area contributed by atoms with Crippen molar-refractivity contribution in [2.75, 3.05) is 13.1 Å². The monoisotopic (exact) mass is 359 g/mol. The molecule has 2 fully saturated rings. The molecule has 3 heterocycles. The minimum absolute atomic E-state index is 0.227. The van der Waals surface area contributed by atoms with E-state index >= 15 is 0 Å². The third kappa shape index (κ3) is 3.53. The first-order chi connectivity index (χ1) is 12.8. The van der Waals surface area contributed by atoms with Gasteiger partial charge in [-0.05, 0) is 51.6 Å². The molecule has 1 aliphatic carbocycles. The number of hydrogen-bond acceptors (Lipinski definition) is 4. The summed E-state index contributed by atoms with van der Waals surface area (Å²) in [7, 11) is 0. The molecule has 4 rings (SSSR count). The van der Waals surface area contributed by atoms with E-state index in [4.69, 9.17) is 0 Å². The molecule has 1 saturated carbocycles. The van der Waals surface area contributed by atoms with Gasteiger partial charge in [0.2, 0.25) is 5.91 Å². The maximum Gasteiger partial charge on any atom is 0.240 e. The Kier molecular flexibility index (Phi) is 5.57. The first kappa shape index (κ1) is 18.0. The second kappa shape index (κ2) is 8.07. The first-order valence-electron chi connectivity index (χ1n) is 10.7. The van der Waals surface area contributed by atoms with E-state index in [1.807, 2.05) is 0 Å². The van der Waals surface area contributed by atoms with E-state index in [0.29, 0.717) is 6.54 Å². The Morgan fingerprint density at radius 1 is 0.885 bits per heavy atom. The smallest absolute Gasteiger partial charge is 0.240 e. The third-order valence-corrected chi connectivity index (χ3v) is 6.66. The number of amides is 1. The summed E-state index contributed by atoms with van der Waals surface area (Å²) in [6.07, 6.45) is 14.0. The number of fused-ring (bicyclic) bond motifs is 1. The maximum absolute atomic E-state index is 13.3. The molecular formula is C20H33N5O. The molecule has 0 spiro atoms. The topological polar surface area (TPSA) is 63.1 Å². The van der Waals surface area contributed by atoms with Crippen LogP contribution in [0.3, 0.4) is 0 Å². The third-order valence-electron chi connectivity index (χ3n) is 6.66. The Bertz CT molecular complexity index is 614. The minimum Gasteiger partial charge on any atom is -0.347 e. The van der Waals surface area contributed by atoms with Crippen LogP contribution < -0.4 is 5.32 Å². The number of aryl methyl sites for hydroxylation is 1. The predicted octanol–water partition coefficient (Wildman–Crippen LogP) is 2.81. The lowest BCUT2D eigenvalue weighted by Crippen LogP contribution is -2.60. The second-order valence-electron chi connectivity index (χ2n) is 8.32.